The maximum absolute atomic E-state index is 12.4. The van der Waals surface area contributed by atoms with Gasteiger partial charge in [0.25, 0.3) is 5.91 Å². The molecule has 1 atom stereocenters. The third-order valence-corrected chi connectivity index (χ3v) is 5.19. The van der Waals surface area contributed by atoms with Crippen molar-refractivity contribution >= 4 is 17.2 Å². The first-order chi connectivity index (χ1) is 11.8. The number of benzene rings is 1. The van der Waals surface area contributed by atoms with Crippen LogP contribution in [0.3, 0.4) is 0 Å². The minimum atomic E-state index is -0.0864. The van der Waals surface area contributed by atoms with Gasteiger partial charge in [-0.25, -0.2) is 0 Å². The molecule has 1 fully saturated rings. The van der Waals surface area contributed by atoms with E-state index in [9.17, 15) is 4.79 Å². The van der Waals surface area contributed by atoms with E-state index in [1.807, 2.05) is 0 Å². The number of hydrogen-bond donors (Lipinski definition) is 1. The van der Waals surface area contributed by atoms with Gasteiger partial charge in [0, 0.05) is 12.1 Å². The van der Waals surface area contributed by atoms with Crippen molar-refractivity contribution in [2.45, 2.75) is 25.3 Å². The average molecular weight is 339 g/mol. The number of nitrogens with zero attached hydrogens (tertiary/aromatic N) is 2. The molecule has 1 unspecified atom stereocenters. The normalized spacial score (nSPS) is 16.3. The number of likely N-dealkylation sites (tertiary alicyclic amines) is 1. The summed E-state index contributed by atoms with van der Waals surface area (Å²) in [5.74, 6) is -0.0864. The fourth-order valence-electron chi connectivity index (χ4n) is 3.14. The summed E-state index contributed by atoms with van der Waals surface area (Å²) < 4.78 is 0. The Bertz CT molecular complexity index is 697. The number of carbonyl (C=O) groups excluding carboxylic acids is 1. The van der Waals surface area contributed by atoms with E-state index in [-0.39, 0.29) is 11.9 Å². The van der Waals surface area contributed by atoms with Gasteiger partial charge in [0.05, 0.1) is 17.7 Å². The molecule has 4 nitrogen and oxygen atoms in total. The minimum absolute atomic E-state index is 0.0864. The second kappa shape index (κ2) is 8.09. The largest absolute Gasteiger partial charge is 0.350 e. The van der Waals surface area contributed by atoms with Crippen molar-refractivity contribution in [2.75, 3.05) is 19.6 Å². The highest BCUT2D eigenvalue weighted by molar-refractivity contribution is 7.07. The molecule has 0 radical (unpaired) electrons. The highest BCUT2D eigenvalue weighted by atomic mass is 32.1. The van der Waals surface area contributed by atoms with E-state index in [0.717, 1.165) is 13.1 Å². The van der Waals surface area contributed by atoms with Crippen molar-refractivity contribution < 1.29 is 4.79 Å². The number of thiophene rings is 1. The Labute approximate surface area is 146 Å². The summed E-state index contributed by atoms with van der Waals surface area (Å²) in [5, 5.41) is 16.2. The summed E-state index contributed by atoms with van der Waals surface area (Å²) in [5.41, 5.74) is 2.44. The number of piperidine rings is 1. The summed E-state index contributed by atoms with van der Waals surface area (Å²) in [6, 6.07) is 11.2. The zero-order valence-electron chi connectivity index (χ0n) is 13.6. The molecular weight excluding hydrogens is 318 g/mol. The fourth-order valence-corrected chi connectivity index (χ4v) is 3.85. The standard InChI is InChI=1S/C19H21N3OS/c20-12-15-4-6-16(7-5-15)19(23)21-13-18(17-8-11-24-14-17)22-9-2-1-3-10-22/h4-8,11,14,18H,1-3,9-10,13H2,(H,21,23). The molecule has 1 amide bonds. The van der Waals surface area contributed by atoms with Crippen molar-refractivity contribution in [1.82, 2.24) is 10.2 Å². The van der Waals surface area contributed by atoms with Crippen LogP contribution in [0.5, 0.6) is 0 Å². The number of hydrogen-bond acceptors (Lipinski definition) is 4. The van der Waals surface area contributed by atoms with Crippen LogP contribution in [0.2, 0.25) is 0 Å². The summed E-state index contributed by atoms with van der Waals surface area (Å²) in [6.45, 7) is 2.79. The summed E-state index contributed by atoms with van der Waals surface area (Å²) >= 11 is 1.70. The van der Waals surface area contributed by atoms with Gasteiger partial charge in [-0.2, -0.15) is 16.6 Å². The Balaban J connectivity index is 1.66. The van der Waals surface area contributed by atoms with Crippen LogP contribution in [-0.2, 0) is 0 Å². The van der Waals surface area contributed by atoms with E-state index in [2.05, 4.69) is 33.1 Å². The highest BCUT2D eigenvalue weighted by Crippen LogP contribution is 2.25. The maximum atomic E-state index is 12.4. The number of rotatable bonds is 5. The summed E-state index contributed by atoms with van der Waals surface area (Å²) in [6.07, 6.45) is 3.75. The van der Waals surface area contributed by atoms with Gasteiger partial charge in [-0.05, 0) is 72.6 Å². The Morgan fingerprint density at radius 2 is 1.96 bits per heavy atom. The quantitative estimate of drug-likeness (QED) is 0.906. The molecule has 1 N–H and O–H groups in total. The van der Waals surface area contributed by atoms with E-state index in [0.29, 0.717) is 17.7 Å². The third-order valence-electron chi connectivity index (χ3n) is 4.49. The maximum Gasteiger partial charge on any atom is 0.251 e. The van der Waals surface area contributed by atoms with Gasteiger partial charge in [-0.15, -0.1) is 0 Å². The molecule has 124 valence electrons. The minimum Gasteiger partial charge on any atom is -0.350 e. The molecule has 1 aromatic heterocycles. The molecule has 1 saturated heterocycles. The predicted octanol–water partition coefficient (Wildman–Crippen LogP) is 3.58. The van der Waals surface area contributed by atoms with Crippen LogP contribution in [0, 0.1) is 11.3 Å². The van der Waals surface area contributed by atoms with Gasteiger partial charge in [0.15, 0.2) is 0 Å². The van der Waals surface area contributed by atoms with Crippen molar-refractivity contribution in [3.8, 4) is 6.07 Å². The van der Waals surface area contributed by atoms with E-state index < -0.39 is 0 Å². The van der Waals surface area contributed by atoms with Gasteiger partial charge in [0.1, 0.15) is 0 Å². The molecule has 0 aliphatic carbocycles. The molecule has 2 aromatic rings. The monoisotopic (exact) mass is 339 g/mol. The predicted molar refractivity (Wildman–Crippen MR) is 96.0 cm³/mol. The SMILES string of the molecule is N#Cc1ccc(C(=O)NCC(c2ccsc2)N2CCCCC2)cc1. The molecule has 5 heteroatoms. The van der Waals surface area contributed by atoms with Gasteiger partial charge < -0.3 is 5.32 Å². The van der Waals surface area contributed by atoms with E-state index >= 15 is 0 Å². The Kier molecular flexibility index (Phi) is 5.63. The fraction of sp³-hybridized carbons (Fsp3) is 0.368. The lowest BCUT2D eigenvalue weighted by atomic mass is 10.0. The van der Waals surface area contributed by atoms with Crippen LogP contribution < -0.4 is 5.32 Å². The number of carbonyl (C=O) groups is 1. The van der Waals surface area contributed by atoms with Crippen molar-refractivity contribution in [3.05, 3.63) is 57.8 Å². The second-order valence-electron chi connectivity index (χ2n) is 6.07. The van der Waals surface area contributed by atoms with Crippen LogP contribution in [0.15, 0.2) is 41.1 Å². The molecule has 1 aliphatic heterocycles. The lowest BCUT2D eigenvalue weighted by Gasteiger charge is -2.34. The molecule has 2 heterocycles. The lowest BCUT2D eigenvalue weighted by molar-refractivity contribution is 0.0924. The molecule has 0 bridgehead atoms. The number of nitrogens with one attached hydrogen (secondary N) is 1. The van der Waals surface area contributed by atoms with Gasteiger partial charge in [0.2, 0.25) is 0 Å². The van der Waals surface area contributed by atoms with Crippen LogP contribution in [0.4, 0.5) is 0 Å². The van der Waals surface area contributed by atoms with Crippen molar-refractivity contribution in [2.24, 2.45) is 0 Å². The molecule has 0 saturated carbocycles. The Hall–Kier alpha value is -2.16. The molecule has 24 heavy (non-hydrogen) atoms. The number of amides is 1. The van der Waals surface area contributed by atoms with E-state index in [1.54, 1.807) is 35.6 Å². The van der Waals surface area contributed by atoms with Crippen molar-refractivity contribution in [1.29, 1.82) is 5.26 Å². The molecule has 3 rings (SSSR count). The summed E-state index contributed by atoms with van der Waals surface area (Å²) in [4.78, 5) is 14.9. The smallest absolute Gasteiger partial charge is 0.251 e. The first-order valence-electron chi connectivity index (χ1n) is 8.32. The molecule has 1 aromatic carbocycles. The van der Waals surface area contributed by atoms with Crippen LogP contribution in [-0.4, -0.2) is 30.4 Å². The summed E-state index contributed by atoms with van der Waals surface area (Å²) in [7, 11) is 0. The first kappa shape index (κ1) is 16.7. The lowest BCUT2D eigenvalue weighted by Crippen LogP contribution is -2.40. The second-order valence-corrected chi connectivity index (χ2v) is 6.85. The Morgan fingerprint density at radius 3 is 2.58 bits per heavy atom. The number of nitriles is 1. The molecule has 1 aliphatic rings. The van der Waals surface area contributed by atoms with Gasteiger partial charge in [-0.1, -0.05) is 6.42 Å². The van der Waals surface area contributed by atoms with Gasteiger partial charge in [-0.3, -0.25) is 9.69 Å². The van der Waals surface area contributed by atoms with Crippen LogP contribution in [0.25, 0.3) is 0 Å². The zero-order chi connectivity index (χ0) is 16.8. The average Bonchev–Trinajstić information content (AvgIpc) is 3.17. The highest BCUT2D eigenvalue weighted by Gasteiger charge is 2.23. The van der Waals surface area contributed by atoms with Gasteiger partial charge >= 0.3 is 0 Å². The van der Waals surface area contributed by atoms with E-state index in [1.165, 1.54) is 24.8 Å². The topological polar surface area (TPSA) is 56.1 Å². The Morgan fingerprint density at radius 1 is 1.21 bits per heavy atom. The molecule has 0 spiro atoms. The zero-order valence-corrected chi connectivity index (χ0v) is 14.4. The van der Waals surface area contributed by atoms with E-state index in [4.69, 9.17) is 5.26 Å². The first-order valence-corrected chi connectivity index (χ1v) is 9.27. The van der Waals surface area contributed by atoms with Crippen LogP contribution in [0.1, 0.15) is 46.8 Å². The molecular formula is C19H21N3OS. The van der Waals surface area contributed by atoms with Crippen molar-refractivity contribution in [3.63, 3.8) is 0 Å². The van der Waals surface area contributed by atoms with Crippen LogP contribution >= 0.6 is 11.3 Å². The third kappa shape index (κ3) is 4.02.